The highest BCUT2D eigenvalue weighted by molar-refractivity contribution is 9.10. The predicted molar refractivity (Wildman–Crippen MR) is 54.7 cm³/mol. The molecule has 0 unspecified atom stereocenters. The quantitative estimate of drug-likeness (QED) is 0.633. The molecule has 0 bridgehead atoms. The number of halogens is 1. The Hall–Kier alpha value is -0.340. The van der Waals surface area contributed by atoms with E-state index in [0.717, 1.165) is 0 Å². The van der Waals surface area contributed by atoms with E-state index >= 15 is 0 Å². The van der Waals surface area contributed by atoms with Crippen LogP contribution in [0.4, 0.5) is 0 Å². The zero-order chi connectivity index (χ0) is 8.84. The first-order valence-corrected chi connectivity index (χ1v) is 5.58. The van der Waals surface area contributed by atoms with Gasteiger partial charge >= 0.3 is 0 Å². The van der Waals surface area contributed by atoms with Crippen molar-refractivity contribution in [3.05, 3.63) is 33.8 Å². The van der Waals surface area contributed by atoms with Crippen molar-refractivity contribution in [1.29, 1.82) is 0 Å². The molecule has 0 spiro atoms. The number of aryl methyl sites for hydroxylation is 1. The molecule has 68 valence electrons. The highest BCUT2D eigenvalue weighted by Gasteiger charge is 2.42. The molecular formula is C11H11BrO. The molecule has 1 aromatic carbocycles. The van der Waals surface area contributed by atoms with E-state index in [1.165, 1.54) is 34.9 Å². The van der Waals surface area contributed by atoms with Crippen LogP contribution in [0.5, 0.6) is 0 Å². The monoisotopic (exact) mass is 238 g/mol. The number of hydrogen-bond donors (Lipinski definition) is 0. The Morgan fingerprint density at radius 2 is 2.31 bits per heavy atom. The lowest BCUT2D eigenvalue weighted by molar-refractivity contribution is 0.357. The van der Waals surface area contributed by atoms with Gasteiger partial charge in [0, 0.05) is 4.47 Å². The summed E-state index contributed by atoms with van der Waals surface area (Å²) < 4.78 is 6.79. The van der Waals surface area contributed by atoms with Gasteiger partial charge in [-0.15, -0.1) is 0 Å². The van der Waals surface area contributed by atoms with Crippen LogP contribution in [0.3, 0.4) is 0 Å². The summed E-state index contributed by atoms with van der Waals surface area (Å²) in [6.07, 6.45) is 4.66. The first-order valence-electron chi connectivity index (χ1n) is 4.78. The van der Waals surface area contributed by atoms with Crippen molar-refractivity contribution in [3.63, 3.8) is 0 Å². The summed E-state index contributed by atoms with van der Waals surface area (Å²) >= 11 is 3.51. The van der Waals surface area contributed by atoms with Crippen molar-refractivity contribution in [2.75, 3.05) is 0 Å². The molecule has 1 fully saturated rings. The second-order valence-corrected chi connectivity index (χ2v) is 4.75. The van der Waals surface area contributed by atoms with Crippen LogP contribution < -0.4 is 0 Å². The van der Waals surface area contributed by atoms with Gasteiger partial charge < -0.3 is 4.74 Å². The van der Waals surface area contributed by atoms with Crippen LogP contribution in [0.25, 0.3) is 0 Å². The van der Waals surface area contributed by atoms with Crippen molar-refractivity contribution in [1.82, 2.24) is 0 Å². The maximum absolute atomic E-state index is 5.62. The molecule has 13 heavy (non-hydrogen) atoms. The SMILES string of the molecule is Brc1ccc2c(c1)[C@@H]1O[C@H]1CCC2. The first kappa shape index (κ1) is 8.01. The average Bonchev–Trinajstić information content (AvgIpc) is 2.85. The topological polar surface area (TPSA) is 12.5 Å². The Balaban J connectivity index is 2.09. The minimum atomic E-state index is 0.412. The summed E-state index contributed by atoms with van der Waals surface area (Å²) in [5.41, 5.74) is 2.89. The summed E-state index contributed by atoms with van der Waals surface area (Å²) in [6, 6.07) is 6.57. The van der Waals surface area contributed by atoms with Crippen molar-refractivity contribution >= 4 is 15.9 Å². The van der Waals surface area contributed by atoms with Crippen LogP contribution in [0, 0.1) is 0 Å². The van der Waals surface area contributed by atoms with Gasteiger partial charge in [-0.3, -0.25) is 0 Å². The van der Waals surface area contributed by atoms with Gasteiger partial charge in [-0.1, -0.05) is 22.0 Å². The zero-order valence-electron chi connectivity index (χ0n) is 7.29. The van der Waals surface area contributed by atoms with E-state index in [1.54, 1.807) is 0 Å². The Morgan fingerprint density at radius 1 is 1.38 bits per heavy atom. The first-order chi connectivity index (χ1) is 6.34. The fourth-order valence-electron chi connectivity index (χ4n) is 2.19. The number of ether oxygens (including phenoxy) is 1. The van der Waals surface area contributed by atoms with E-state index in [0.29, 0.717) is 12.2 Å². The lowest BCUT2D eigenvalue weighted by atomic mass is 10.0. The number of epoxide rings is 1. The molecule has 0 amide bonds. The minimum Gasteiger partial charge on any atom is -0.364 e. The summed E-state index contributed by atoms with van der Waals surface area (Å²) in [5.74, 6) is 0. The summed E-state index contributed by atoms with van der Waals surface area (Å²) in [6.45, 7) is 0. The van der Waals surface area contributed by atoms with Crippen LogP contribution in [-0.4, -0.2) is 6.10 Å². The van der Waals surface area contributed by atoms with Gasteiger partial charge in [0.25, 0.3) is 0 Å². The van der Waals surface area contributed by atoms with E-state index in [1.807, 2.05) is 0 Å². The van der Waals surface area contributed by atoms with Gasteiger partial charge in [0.2, 0.25) is 0 Å². The largest absolute Gasteiger partial charge is 0.364 e. The zero-order valence-corrected chi connectivity index (χ0v) is 8.88. The Morgan fingerprint density at radius 3 is 3.23 bits per heavy atom. The highest BCUT2D eigenvalue weighted by Crippen LogP contribution is 2.46. The third-order valence-electron chi connectivity index (χ3n) is 2.93. The van der Waals surface area contributed by atoms with Gasteiger partial charge in [0.05, 0.1) is 6.10 Å². The standard InChI is InChI=1S/C11H11BrO/c12-8-5-4-7-2-1-3-10-11(13-10)9(7)6-8/h4-6,10-11H,1-3H2/t10-,11-/m0/s1. The van der Waals surface area contributed by atoms with Crippen LogP contribution in [-0.2, 0) is 11.2 Å². The van der Waals surface area contributed by atoms with Crippen LogP contribution >= 0.6 is 15.9 Å². The Kier molecular flexibility index (Phi) is 1.74. The molecular weight excluding hydrogens is 228 g/mol. The van der Waals surface area contributed by atoms with Crippen LogP contribution in [0.15, 0.2) is 22.7 Å². The second-order valence-electron chi connectivity index (χ2n) is 3.83. The fourth-order valence-corrected chi connectivity index (χ4v) is 2.57. The molecule has 1 nitrogen and oxygen atoms in total. The van der Waals surface area contributed by atoms with Gasteiger partial charge in [0.1, 0.15) is 6.10 Å². The number of hydrogen-bond acceptors (Lipinski definition) is 1. The van der Waals surface area contributed by atoms with Gasteiger partial charge in [0.15, 0.2) is 0 Å². The van der Waals surface area contributed by atoms with Gasteiger partial charge in [-0.05, 0) is 42.5 Å². The summed E-state index contributed by atoms with van der Waals surface area (Å²) in [5, 5.41) is 0. The Bertz CT molecular complexity index is 348. The fraction of sp³-hybridized carbons (Fsp3) is 0.455. The molecule has 0 aromatic heterocycles. The molecule has 2 atom stereocenters. The van der Waals surface area contributed by atoms with E-state index in [-0.39, 0.29) is 0 Å². The second kappa shape index (κ2) is 2.82. The van der Waals surface area contributed by atoms with Crippen molar-refractivity contribution in [2.45, 2.75) is 31.5 Å². The lowest BCUT2D eigenvalue weighted by Crippen LogP contribution is -1.90. The third-order valence-corrected chi connectivity index (χ3v) is 3.42. The molecule has 1 saturated heterocycles. The molecule has 0 radical (unpaired) electrons. The molecule has 0 saturated carbocycles. The summed E-state index contributed by atoms with van der Waals surface area (Å²) in [7, 11) is 0. The molecule has 2 aliphatic rings. The molecule has 1 aliphatic carbocycles. The molecule has 1 aliphatic heterocycles. The van der Waals surface area contributed by atoms with Gasteiger partial charge in [-0.25, -0.2) is 0 Å². The van der Waals surface area contributed by atoms with Crippen molar-refractivity contribution in [3.8, 4) is 0 Å². The Labute approximate surface area is 86.2 Å². The lowest BCUT2D eigenvalue weighted by Gasteiger charge is -2.05. The predicted octanol–water partition coefficient (Wildman–Crippen LogP) is 3.23. The van der Waals surface area contributed by atoms with Crippen molar-refractivity contribution in [2.24, 2.45) is 0 Å². The normalized spacial score (nSPS) is 30.2. The van der Waals surface area contributed by atoms with E-state index in [4.69, 9.17) is 4.74 Å². The molecule has 3 rings (SSSR count). The van der Waals surface area contributed by atoms with E-state index < -0.39 is 0 Å². The average molecular weight is 239 g/mol. The van der Waals surface area contributed by atoms with E-state index in [9.17, 15) is 0 Å². The highest BCUT2D eigenvalue weighted by atomic mass is 79.9. The number of fused-ring (bicyclic) bond motifs is 3. The molecule has 2 heteroatoms. The molecule has 1 aromatic rings. The maximum Gasteiger partial charge on any atom is 0.109 e. The third kappa shape index (κ3) is 1.32. The smallest absolute Gasteiger partial charge is 0.109 e. The van der Waals surface area contributed by atoms with Crippen LogP contribution in [0.2, 0.25) is 0 Å². The number of benzene rings is 1. The molecule has 0 N–H and O–H groups in total. The number of rotatable bonds is 0. The van der Waals surface area contributed by atoms with E-state index in [2.05, 4.69) is 34.1 Å². The maximum atomic E-state index is 5.62. The van der Waals surface area contributed by atoms with Crippen LogP contribution in [0.1, 0.15) is 30.1 Å². The minimum absolute atomic E-state index is 0.412. The molecule has 1 heterocycles. The van der Waals surface area contributed by atoms with Gasteiger partial charge in [-0.2, -0.15) is 0 Å². The van der Waals surface area contributed by atoms with Crippen molar-refractivity contribution < 1.29 is 4.74 Å². The summed E-state index contributed by atoms with van der Waals surface area (Å²) in [4.78, 5) is 0.